The average molecular weight is 192 g/mol. The standard InChI is InChI=1S/C4H6BrN3O/c5-1-3-7-8-4(2-6)9-3/h1-2,6H2. The van der Waals surface area contributed by atoms with Gasteiger partial charge in [-0.15, -0.1) is 10.2 Å². The summed E-state index contributed by atoms with van der Waals surface area (Å²) in [6, 6.07) is 0. The topological polar surface area (TPSA) is 64.9 Å². The van der Waals surface area contributed by atoms with Gasteiger partial charge in [-0.3, -0.25) is 0 Å². The van der Waals surface area contributed by atoms with Crippen LogP contribution in [0.5, 0.6) is 0 Å². The fourth-order valence-corrected chi connectivity index (χ4v) is 0.651. The summed E-state index contributed by atoms with van der Waals surface area (Å²) in [5.41, 5.74) is 5.21. The van der Waals surface area contributed by atoms with Gasteiger partial charge >= 0.3 is 0 Å². The smallest absolute Gasteiger partial charge is 0.230 e. The Balaban J connectivity index is 2.74. The molecular weight excluding hydrogens is 186 g/mol. The molecule has 0 radical (unpaired) electrons. The van der Waals surface area contributed by atoms with Gasteiger partial charge in [-0.1, -0.05) is 15.9 Å². The van der Waals surface area contributed by atoms with E-state index in [-0.39, 0.29) is 0 Å². The van der Waals surface area contributed by atoms with Crippen LogP contribution < -0.4 is 5.73 Å². The number of hydrogen-bond acceptors (Lipinski definition) is 4. The number of nitrogens with zero attached hydrogens (tertiary/aromatic N) is 2. The molecule has 1 heterocycles. The zero-order chi connectivity index (χ0) is 6.69. The molecule has 0 aliphatic heterocycles. The first-order valence-electron chi connectivity index (χ1n) is 2.44. The van der Waals surface area contributed by atoms with Crippen LogP contribution in [0.2, 0.25) is 0 Å². The van der Waals surface area contributed by atoms with Gasteiger partial charge in [-0.05, 0) is 0 Å². The molecule has 1 aromatic rings. The largest absolute Gasteiger partial charge is 0.423 e. The number of alkyl halides is 1. The van der Waals surface area contributed by atoms with E-state index in [1.165, 1.54) is 0 Å². The van der Waals surface area contributed by atoms with Gasteiger partial charge in [0.25, 0.3) is 0 Å². The van der Waals surface area contributed by atoms with Crippen molar-refractivity contribution in [3.05, 3.63) is 11.8 Å². The van der Waals surface area contributed by atoms with Crippen LogP contribution in [0.15, 0.2) is 4.42 Å². The molecule has 9 heavy (non-hydrogen) atoms. The van der Waals surface area contributed by atoms with E-state index in [2.05, 4.69) is 26.1 Å². The van der Waals surface area contributed by atoms with Crippen LogP contribution >= 0.6 is 15.9 Å². The van der Waals surface area contributed by atoms with E-state index in [9.17, 15) is 0 Å². The Morgan fingerprint density at radius 1 is 1.44 bits per heavy atom. The Kier molecular flexibility index (Phi) is 2.18. The average Bonchev–Trinajstić information content (AvgIpc) is 2.34. The van der Waals surface area contributed by atoms with Crippen LogP contribution in [0.3, 0.4) is 0 Å². The van der Waals surface area contributed by atoms with Gasteiger partial charge in [0, 0.05) is 0 Å². The zero-order valence-electron chi connectivity index (χ0n) is 4.67. The second-order valence-corrected chi connectivity index (χ2v) is 1.99. The molecule has 50 valence electrons. The molecule has 1 rings (SSSR count). The summed E-state index contributed by atoms with van der Waals surface area (Å²) in [5.74, 6) is 1.04. The minimum absolute atomic E-state index is 0.306. The lowest BCUT2D eigenvalue weighted by Gasteiger charge is -1.80. The van der Waals surface area contributed by atoms with E-state index >= 15 is 0 Å². The number of aromatic nitrogens is 2. The highest BCUT2D eigenvalue weighted by atomic mass is 79.9. The Bertz CT molecular complexity index is 169. The first-order valence-corrected chi connectivity index (χ1v) is 3.56. The van der Waals surface area contributed by atoms with Crippen molar-refractivity contribution in [1.29, 1.82) is 0 Å². The number of halogens is 1. The third-order valence-corrected chi connectivity index (χ3v) is 1.28. The van der Waals surface area contributed by atoms with E-state index in [1.54, 1.807) is 0 Å². The van der Waals surface area contributed by atoms with E-state index < -0.39 is 0 Å². The molecule has 5 heteroatoms. The summed E-state index contributed by atoms with van der Waals surface area (Å²) in [6.45, 7) is 0.306. The Morgan fingerprint density at radius 3 is 2.44 bits per heavy atom. The molecule has 0 saturated heterocycles. The third kappa shape index (κ3) is 1.49. The second kappa shape index (κ2) is 2.93. The predicted octanol–water partition coefficient (Wildman–Crippen LogP) is 0.423. The number of hydrogen-bond donors (Lipinski definition) is 1. The molecule has 0 atom stereocenters. The molecule has 1 aromatic heterocycles. The summed E-state index contributed by atoms with van der Waals surface area (Å²) in [6.07, 6.45) is 0. The molecule has 0 unspecified atom stereocenters. The monoisotopic (exact) mass is 191 g/mol. The lowest BCUT2D eigenvalue weighted by molar-refractivity contribution is 0.467. The molecule has 0 aliphatic rings. The van der Waals surface area contributed by atoms with Gasteiger partial charge in [0.05, 0.1) is 11.9 Å². The first-order chi connectivity index (χ1) is 4.36. The van der Waals surface area contributed by atoms with Crippen molar-refractivity contribution in [2.24, 2.45) is 5.73 Å². The van der Waals surface area contributed by atoms with E-state index in [4.69, 9.17) is 10.2 Å². The fraction of sp³-hybridized carbons (Fsp3) is 0.500. The second-order valence-electron chi connectivity index (χ2n) is 1.43. The SMILES string of the molecule is NCc1nnc(CBr)o1. The molecule has 0 aliphatic carbocycles. The summed E-state index contributed by atoms with van der Waals surface area (Å²) >= 11 is 3.16. The molecule has 2 N–H and O–H groups in total. The van der Waals surface area contributed by atoms with Gasteiger partial charge in [0.2, 0.25) is 11.8 Å². The van der Waals surface area contributed by atoms with Crippen molar-refractivity contribution < 1.29 is 4.42 Å². The molecule has 0 aromatic carbocycles. The van der Waals surface area contributed by atoms with Crippen LogP contribution in [0.4, 0.5) is 0 Å². The van der Waals surface area contributed by atoms with Crippen molar-refractivity contribution in [2.45, 2.75) is 11.9 Å². The maximum Gasteiger partial charge on any atom is 0.230 e. The van der Waals surface area contributed by atoms with Crippen LogP contribution in [-0.2, 0) is 11.9 Å². The van der Waals surface area contributed by atoms with Gasteiger partial charge < -0.3 is 10.2 Å². The highest BCUT2D eigenvalue weighted by Crippen LogP contribution is 2.02. The summed E-state index contributed by atoms with van der Waals surface area (Å²) < 4.78 is 4.99. The molecule has 0 amide bonds. The van der Waals surface area contributed by atoms with E-state index in [1.807, 2.05) is 0 Å². The lowest BCUT2D eigenvalue weighted by Crippen LogP contribution is -1.95. The molecule has 0 spiro atoms. The van der Waals surface area contributed by atoms with Crippen LogP contribution in [0.25, 0.3) is 0 Å². The minimum atomic E-state index is 0.306. The Labute approximate surface area is 60.6 Å². The quantitative estimate of drug-likeness (QED) is 0.689. The summed E-state index contributed by atoms with van der Waals surface area (Å²) in [7, 11) is 0. The van der Waals surface area contributed by atoms with E-state index in [0.717, 1.165) is 0 Å². The Morgan fingerprint density at radius 2 is 2.11 bits per heavy atom. The molecule has 0 bridgehead atoms. The lowest BCUT2D eigenvalue weighted by atomic mass is 10.7. The van der Waals surface area contributed by atoms with Crippen molar-refractivity contribution in [3.63, 3.8) is 0 Å². The maximum atomic E-state index is 5.21. The van der Waals surface area contributed by atoms with Crippen molar-refractivity contribution in [1.82, 2.24) is 10.2 Å². The van der Waals surface area contributed by atoms with E-state index in [0.29, 0.717) is 23.7 Å². The molecule has 0 saturated carbocycles. The van der Waals surface area contributed by atoms with Gasteiger partial charge in [-0.2, -0.15) is 0 Å². The zero-order valence-corrected chi connectivity index (χ0v) is 6.26. The summed E-state index contributed by atoms with van der Waals surface area (Å²) in [5, 5.41) is 7.88. The van der Waals surface area contributed by atoms with Crippen LogP contribution in [-0.4, -0.2) is 10.2 Å². The fourth-order valence-electron chi connectivity index (χ4n) is 0.425. The van der Waals surface area contributed by atoms with Crippen molar-refractivity contribution in [2.75, 3.05) is 0 Å². The van der Waals surface area contributed by atoms with Crippen molar-refractivity contribution >= 4 is 15.9 Å². The molecular formula is C4H6BrN3O. The van der Waals surface area contributed by atoms with Crippen molar-refractivity contribution in [3.8, 4) is 0 Å². The highest BCUT2D eigenvalue weighted by Gasteiger charge is 1.99. The number of nitrogens with two attached hydrogens (primary N) is 1. The third-order valence-electron chi connectivity index (χ3n) is 0.798. The predicted molar refractivity (Wildman–Crippen MR) is 34.8 cm³/mol. The van der Waals surface area contributed by atoms with Gasteiger partial charge in [0.1, 0.15) is 0 Å². The van der Waals surface area contributed by atoms with Gasteiger partial charge in [0.15, 0.2) is 0 Å². The van der Waals surface area contributed by atoms with Crippen LogP contribution in [0, 0.1) is 0 Å². The minimum Gasteiger partial charge on any atom is -0.423 e. The summed E-state index contributed by atoms with van der Waals surface area (Å²) in [4.78, 5) is 0. The Hall–Kier alpha value is -0.420. The first kappa shape index (κ1) is 6.70. The molecule has 0 fully saturated rings. The maximum absolute atomic E-state index is 5.21. The molecule has 4 nitrogen and oxygen atoms in total. The highest BCUT2D eigenvalue weighted by molar-refractivity contribution is 9.08. The van der Waals surface area contributed by atoms with Crippen LogP contribution in [0.1, 0.15) is 11.8 Å². The van der Waals surface area contributed by atoms with Gasteiger partial charge in [-0.25, -0.2) is 0 Å². The number of rotatable bonds is 2. The normalized spacial score (nSPS) is 10.0.